The monoisotopic (exact) mass is 251 g/mol. The van der Waals surface area contributed by atoms with Crippen LogP contribution in [-0.4, -0.2) is 29.3 Å². The normalized spacial score (nSPS) is 20.1. The summed E-state index contributed by atoms with van der Waals surface area (Å²) in [5, 5.41) is 0. The van der Waals surface area contributed by atoms with E-state index in [9.17, 15) is 0 Å². The molecule has 0 amide bonds. The van der Waals surface area contributed by atoms with Gasteiger partial charge in [-0.3, -0.25) is 0 Å². The number of hydrogen-bond acceptors (Lipinski definition) is 5. The van der Waals surface area contributed by atoms with E-state index in [0.717, 1.165) is 25.0 Å². The van der Waals surface area contributed by atoms with Crippen molar-refractivity contribution in [1.82, 2.24) is 9.97 Å². The van der Waals surface area contributed by atoms with Crippen molar-refractivity contribution < 1.29 is 9.47 Å². The number of aromatic nitrogens is 2. The van der Waals surface area contributed by atoms with E-state index >= 15 is 0 Å². The average Bonchev–Trinajstić information content (AvgIpc) is 2.37. The van der Waals surface area contributed by atoms with Gasteiger partial charge in [-0.15, -0.1) is 0 Å². The third-order valence-corrected chi connectivity index (χ3v) is 3.14. The van der Waals surface area contributed by atoms with Crippen molar-refractivity contribution in [3.8, 4) is 5.88 Å². The van der Waals surface area contributed by atoms with Crippen molar-refractivity contribution in [3.63, 3.8) is 0 Å². The average molecular weight is 251 g/mol. The number of nitrogens with two attached hydrogens (primary N) is 1. The summed E-state index contributed by atoms with van der Waals surface area (Å²) in [4.78, 5) is 8.19. The van der Waals surface area contributed by atoms with E-state index in [1.54, 1.807) is 0 Å². The minimum absolute atomic E-state index is 0.176. The lowest BCUT2D eigenvalue weighted by Gasteiger charge is -2.23. The third-order valence-electron chi connectivity index (χ3n) is 3.14. The van der Waals surface area contributed by atoms with Gasteiger partial charge in [0, 0.05) is 6.61 Å². The van der Waals surface area contributed by atoms with Crippen molar-refractivity contribution in [2.75, 3.05) is 18.9 Å². The van der Waals surface area contributed by atoms with Crippen molar-refractivity contribution >= 4 is 5.82 Å². The second-order valence-electron chi connectivity index (χ2n) is 4.93. The Balaban J connectivity index is 2.02. The number of nitrogen functional groups attached to an aromatic ring is 1. The first-order valence-electron chi connectivity index (χ1n) is 6.53. The number of anilines is 1. The highest BCUT2D eigenvalue weighted by Gasteiger charge is 2.18. The Morgan fingerprint density at radius 3 is 2.94 bits per heavy atom. The fraction of sp³-hybridized carbons (Fsp3) is 0.692. The molecule has 2 rings (SSSR count). The molecule has 1 aliphatic heterocycles. The van der Waals surface area contributed by atoms with Crippen LogP contribution >= 0.6 is 0 Å². The van der Waals surface area contributed by atoms with Crippen molar-refractivity contribution in [3.05, 3.63) is 11.9 Å². The molecule has 0 aliphatic carbocycles. The molecule has 1 saturated heterocycles. The van der Waals surface area contributed by atoms with Crippen molar-refractivity contribution in [2.45, 2.75) is 45.1 Å². The molecule has 1 aliphatic rings. The van der Waals surface area contributed by atoms with Crippen LogP contribution < -0.4 is 10.5 Å². The number of rotatable bonds is 4. The Hall–Kier alpha value is -1.36. The molecule has 0 aromatic carbocycles. The van der Waals surface area contributed by atoms with Crippen LogP contribution in [0.2, 0.25) is 0 Å². The summed E-state index contributed by atoms with van der Waals surface area (Å²) in [7, 11) is 0. The lowest BCUT2D eigenvalue weighted by Crippen LogP contribution is -2.26. The maximum Gasteiger partial charge on any atom is 0.222 e. The standard InChI is InChI=1S/C13H21N3O2/c1-9(2)11-12(14)15-8-16-13(11)18-7-10-5-3-4-6-17-10/h8-10H,3-7H2,1-2H3,(H2,14,15,16). The lowest BCUT2D eigenvalue weighted by molar-refractivity contribution is -0.0121. The Morgan fingerprint density at radius 1 is 1.44 bits per heavy atom. The molecule has 1 atom stereocenters. The molecular weight excluding hydrogens is 230 g/mol. The molecule has 1 fully saturated rings. The van der Waals surface area contributed by atoms with Crippen LogP contribution in [0.4, 0.5) is 5.82 Å². The summed E-state index contributed by atoms with van der Waals surface area (Å²) in [5.41, 5.74) is 6.75. The van der Waals surface area contributed by atoms with E-state index in [1.165, 1.54) is 12.7 Å². The van der Waals surface area contributed by atoms with Crippen LogP contribution in [0.1, 0.15) is 44.6 Å². The smallest absolute Gasteiger partial charge is 0.222 e. The fourth-order valence-corrected chi connectivity index (χ4v) is 2.16. The molecule has 0 saturated carbocycles. The Kier molecular flexibility index (Phi) is 4.36. The molecule has 5 nitrogen and oxygen atoms in total. The van der Waals surface area contributed by atoms with E-state index in [2.05, 4.69) is 23.8 Å². The maximum absolute atomic E-state index is 5.87. The Bertz CT molecular complexity index is 390. The van der Waals surface area contributed by atoms with Crippen LogP contribution in [0.3, 0.4) is 0 Å². The molecule has 0 spiro atoms. The molecule has 2 N–H and O–H groups in total. The van der Waals surface area contributed by atoms with E-state index in [-0.39, 0.29) is 12.0 Å². The fourth-order valence-electron chi connectivity index (χ4n) is 2.16. The lowest BCUT2D eigenvalue weighted by atomic mass is 10.1. The Labute approximate surface area is 108 Å². The van der Waals surface area contributed by atoms with Crippen LogP contribution in [0.5, 0.6) is 5.88 Å². The highest BCUT2D eigenvalue weighted by Crippen LogP contribution is 2.28. The van der Waals surface area contributed by atoms with Crippen LogP contribution in [0, 0.1) is 0 Å². The number of ether oxygens (including phenoxy) is 2. The van der Waals surface area contributed by atoms with Gasteiger partial charge < -0.3 is 15.2 Å². The predicted molar refractivity (Wildman–Crippen MR) is 69.6 cm³/mol. The van der Waals surface area contributed by atoms with Gasteiger partial charge in [0.2, 0.25) is 5.88 Å². The van der Waals surface area contributed by atoms with Gasteiger partial charge in [-0.05, 0) is 25.2 Å². The zero-order chi connectivity index (χ0) is 13.0. The summed E-state index contributed by atoms with van der Waals surface area (Å²) < 4.78 is 11.4. The zero-order valence-corrected chi connectivity index (χ0v) is 11.1. The van der Waals surface area contributed by atoms with E-state index in [1.807, 2.05) is 0 Å². The molecule has 1 unspecified atom stereocenters. The third kappa shape index (κ3) is 3.10. The molecule has 5 heteroatoms. The summed E-state index contributed by atoms with van der Waals surface area (Å²) in [5.74, 6) is 1.33. The quantitative estimate of drug-likeness (QED) is 0.887. The molecule has 1 aromatic heterocycles. The summed E-state index contributed by atoms with van der Waals surface area (Å²) in [6, 6.07) is 0. The van der Waals surface area contributed by atoms with E-state index in [4.69, 9.17) is 15.2 Å². The van der Waals surface area contributed by atoms with Gasteiger partial charge in [-0.25, -0.2) is 9.97 Å². The summed E-state index contributed by atoms with van der Waals surface area (Å²) >= 11 is 0. The minimum Gasteiger partial charge on any atom is -0.475 e. The molecular formula is C13H21N3O2. The highest BCUT2D eigenvalue weighted by atomic mass is 16.5. The number of nitrogens with zero attached hydrogens (tertiary/aromatic N) is 2. The van der Waals surface area contributed by atoms with Crippen molar-refractivity contribution in [2.24, 2.45) is 0 Å². The molecule has 100 valence electrons. The highest BCUT2D eigenvalue weighted by molar-refractivity contribution is 5.46. The van der Waals surface area contributed by atoms with Gasteiger partial charge in [0.25, 0.3) is 0 Å². The SMILES string of the molecule is CC(C)c1c(N)ncnc1OCC1CCCCO1. The second-order valence-corrected chi connectivity index (χ2v) is 4.93. The topological polar surface area (TPSA) is 70.3 Å². The summed E-state index contributed by atoms with van der Waals surface area (Å²) in [6.07, 6.45) is 5.02. The first-order chi connectivity index (χ1) is 8.68. The van der Waals surface area contributed by atoms with E-state index < -0.39 is 0 Å². The summed E-state index contributed by atoms with van der Waals surface area (Å²) in [6.45, 7) is 5.48. The van der Waals surface area contributed by atoms with Gasteiger partial charge in [-0.1, -0.05) is 13.8 Å². The molecule has 18 heavy (non-hydrogen) atoms. The Morgan fingerprint density at radius 2 is 2.28 bits per heavy atom. The minimum atomic E-state index is 0.176. The first kappa shape index (κ1) is 13.1. The van der Waals surface area contributed by atoms with Gasteiger partial charge in [0.15, 0.2) is 0 Å². The second kappa shape index (κ2) is 6.00. The van der Waals surface area contributed by atoms with Crippen LogP contribution in [0.15, 0.2) is 6.33 Å². The van der Waals surface area contributed by atoms with Gasteiger partial charge in [-0.2, -0.15) is 0 Å². The van der Waals surface area contributed by atoms with Gasteiger partial charge in [0.05, 0.1) is 11.7 Å². The maximum atomic E-state index is 5.87. The van der Waals surface area contributed by atoms with Gasteiger partial charge >= 0.3 is 0 Å². The van der Waals surface area contributed by atoms with Gasteiger partial charge in [0.1, 0.15) is 18.8 Å². The molecule has 1 aromatic rings. The van der Waals surface area contributed by atoms with Crippen molar-refractivity contribution in [1.29, 1.82) is 0 Å². The first-order valence-corrected chi connectivity index (χ1v) is 6.53. The van der Waals surface area contributed by atoms with E-state index in [0.29, 0.717) is 18.3 Å². The van der Waals surface area contributed by atoms with Crippen LogP contribution in [0.25, 0.3) is 0 Å². The molecule has 0 bridgehead atoms. The number of hydrogen-bond donors (Lipinski definition) is 1. The molecule has 2 heterocycles. The predicted octanol–water partition coefficient (Wildman–Crippen LogP) is 2.13. The van der Waals surface area contributed by atoms with Crippen LogP contribution in [-0.2, 0) is 4.74 Å². The zero-order valence-electron chi connectivity index (χ0n) is 11.1. The largest absolute Gasteiger partial charge is 0.475 e. The molecule has 0 radical (unpaired) electrons.